The summed E-state index contributed by atoms with van der Waals surface area (Å²) < 4.78 is 63.6. The molecule has 0 spiro atoms. The standard InChI is InChI=1S/C19H16F2N2O5S/c20-13-6-7-18(17(21)9-13)28-12-19(24)23-14-3-1-5-16(10-14)29(25,26)22-11-15-4-2-8-27-15/h1-10,22H,11-12H2,(H,23,24). The number of halogens is 2. The van der Waals surface area contributed by atoms with Crippen molar-refractivity contribution in [2.75, 3.05) is 11.9 Å². The minimum Gasteiger partial charge on any atom is -0.481 e. The highest BCUT2D eigenvalue weighted by Gasteiger charge is 2.16. The number of benzene rings is 2. The quantitative estimate of drug-likeness (QED) is 0.582. The van der Waals surface area contributed by atoms with Gasteiger partial charge in [-0.05, 0) is 42.5 Å². The van der Waals surface area contributed by atoms with E-state index in [1.807, 2.05) is 0 Å². The number of carbonyl (C=O) groups excluding carboxylic acids is 1. The molecule has 1 heterocycles. The summed E-state index contributed by atoms with van der Waals surface area (Å²) in [5.41, 5.74) is 0.207. The summed E-state index contributed by atoms with van der Waals surface area (Å²) in [6, 6.07) is 11.5. The lowest BCUT2D eigenvalue weighted by molar-refractivity contribution is -0.118. The van der Waals surface area contributed by atoms with Crippen LogP contribution in [0.5, 0.6) is 5.75 Å². The third-order valence-corrected chi connectivity index (χ3v) is 5.10. The van der Waals surface area contributed by atoms with Gasteiger partial charge < -0.3 is 14.5 Å². The van der Waals surface area contributed by atoms with E-state index in [1.165, 1.54) is 30.5 Å². The van der Waals surface area contributed by atoms with Crippen molar-refractivity contribution < 1.29 is 31.1 Å². The first-order chi connectivity index (χ1) is 13.8. The van der Waals surface area contributed by atoms with Gasteiger partial charge in [0, 0.05) is 11.8 Å². The number of carbonyl (C=O) groups is 1. The summed E-state index contributed by atoms with van der Waals surface area (Å²) >= 11 is 0. The predicted molar refractivity (Wildman–Crippen MR) is 99.7 cm³/mol. The summed E-state index contributed by atoms with van der Waals surface area (Å²) in [5, 5.41) is 2.45. The molecular formula is C19H16F2N2O5S. The molecule has 152 valence electrons. The number of ether oxygens (including phenoxy) is 1. The molecule has 3 aromatic rings. The van der Waals surface area contributed by atoms with Crippen LogP contribution < -0.4 is 14.8 Å². The van der Waals surface area contributed by atoms with Crippen LogP contribution in [0.3, 0.4) is 0 Å². The number of rotatable bonds is 8. The van der Waals surface area contributed by atoms with Crippen LogP contribution in [0.4, 0.5) is 14.5 Å². The van der Waals surface area contributed by atoms with Gasteiger partial charge in [-0.15, -0.1) is 0 Å². The number of furan rings is 1. The van der Waals surface area contributed by atoms with Gasteiger partial charge in [0.05, 0.1) is 17.7 Å². The molecule has 0 saturated heterocycles. The van der Waals surface area contributed by atoms with Crippen molar-refractivity contribution in [3.8, 4) is 5.75 Å². The zero-order valence-electron chi connectivity index (χ0n) is 14.9. The molecule has 0 radical (unpaired) electrons. The second-order valence-electron chi connectivity index (χ2n) is 5.84. The molecule has 1 aromatic heterocycles. The van der Waals surface area contributed by atoms with Crippen LogP contribution in [0.2, 0.25) is 0 Å². The Morgan fingerprint density at radius 2 is 1.90 bits per heavy atom. The Labute approximate surface area is 165 Å². The molecule has 29 heavy (non-hydrogen) atoms. The number of nitrogens with one attached hydrogen (secondary N) is 2. The van der Waals surface area contributed by atoms with Gasteiger partial charge in [0.25, 0.3) is 5.91 Å². The summed E-state index contributed by atoms with van der Waals surface area (Å²) in [6.45, 7) is -0.570. The van der Waals surface area contributed by atoms with Crippen molar-refractivity contribution in [1.29, 1.82) is 0 Å². The van der Waals surface area contributed by atoms with E-state index < -0.39 is 34.2 Å². The Morgan fingerprint density at radius 3 is 2.62 bits per heavy atom. The Kier molecular flexibility index (Phi) is 6.25. The molecule has 2 aromatic carbocycles. The normalized spacial score (nSPS) is 11.2. The van der Waals surface area contributed by atoms with E-state index in [0.717, 1.165) is 12.1 Å². The van der Waals surface area contributed by atoms with Crippen molar-refractivity contribution >= 4 is 21.6 Å². The first-order valence-corrected chi connectivity index (χ1v) is 9.81. The zero-order chi connectivity index (χ0) is 20.9. The second-order valence-corrected chi connectivity index (χ2v) is 7.61. The SMILES string of the molecule is O=C(COc1ccc(F)cc1F)Nc1cccc(S(=O)(=O)NCc2ccco2)c1. The van der Waals surface area contributed by atoms with E-state index in [2.05, 4.69) is 10.0 Å². The molecule has 0 bridgehead atoms. The number of sulfonamides is 1. The Balaban J connectivity index is 1.60. The summed E-state index contributed by atoms with van der Waals surface area (Å²) in [7, 11) is -3.84. The van der Waals surface area contributed by atoms with Gasteiger partial charge in [0.15, 0.2) is 18.2 Å². The van der Waals surface area contributed by atoms with Gasteiger partial charge in [-0.1, -0.05) is 6.07 Å². The van der Waals surface area contributed by atoms with E-state index in [4.69, 9.17) is 9.15 Å². The van der Waals surface area contributed by atoms with Crippen LogP contribution in [0.1, 0.15) is 5.76 Å². The van der Waals surface area contributed by atoms with Gasteiger partial charge >= 0.3 is 0 Å². The van der Waals surface area contributed by atoms with E-state index in [0.29, 0.717) is 11.8 Å². The van der Waals surface area contributed by atoms with Crippen LogP contribution in [0, 0.1) is 11.6 Å². The van der Waals surface area contributed by atoms with Gasteiger partial charge in [0.2, 0.25) is 10.0 Å². The average molecular weight is 422 g/mol. The van der Waals surface area contributed by atoms with E-state index in [-0.39, 0.29) is 22.9 Å². The Bertz CT molecular complexity index is 1100. The van der Waals surface area contributed by atoms with E-state index in [9.17, 15) is 22.0 Å². The number of amides is 1. The molecule has 0 saturated carbocycles. The highest BCUT2D eigenvalue weighted by molar-refractivity contribution is 7.89. The minimum atomic E-state index is -3.84. The molecular weight excluding hydrogens is 406 g/mol. The van der Waals surface area contributed by atoms with Crippen LogP contribution in [-0.4, -0.2) is 20.9 Å². The average Bonchev–Trinajstić information content (AvgIpc) is 3.20. The minimum absolute atomic E-state index is 0.0248. The first-order valence-electron chi connectivity index (χ1n) is 8.33. The molecule has 10 heteroatoms. The van der Waals surface area contributed by atoms with Crippen LogP contribution in [-0.2, 0) is 21.4 Å². The fourth-order valence-electron chi connectivity index (χ4n) is 2.34. The third kappa shape index (κ3) is 5.62. The summed E-state index contributed by atoms with van der Waals surface area (Å²) in [6.07, 6.45) is 1.43. The van der Waals surface area contributed by atoms with Gasteiger partial charge in [0.1, 0.15) is 11.6 Å². The van der Waals surface area contributed by atoms with Crippen molar-refractivity contribution in [3.63, 3.8) is 0 Å². The molecule has 0 aliphatic carbocycles. The van der Waals surface area contributed by atoms with Gasteiger partial charge in [-0.2, -0.15) is 0 Å². The van der Waals surface area contributed by atoms with Crippen molar-refractivity contribution in [2.45, 2.75) is 11.4 Å². The maximum absolute atomic E-state index is 13.5. The maximum atomic E-state index is 13.5. The lowest BCUT2D eigenvalue weighted by Crippen LogP contribution is -2.24. The number of hydrogen-bond donors (Lipinski definition) is 2. The van der Waals surface area contributed by atoms with E-state index >= 15 is 0 Å². The van der Waals surface area contributed by atoms with Gasteiger partial charge in [-0.25, -0.2) is 21.9 Å². The lowest BCUT2D eigenvalue weighted by atomic mass is 10.3. The fourth-order valence-corrected chi connectivity index (χ4v) is 3.38. The number of anilines is 1. The van der Waals surface area contributed by atoms with E-state index in [1.54, 1.807) is 12.1 Å². The first kappa shape index (κ1) is 20.5. The molecule has 3 rings (SSSR count). The molecule has 0 aliphatic heterocycles. The van der Waals surface area contributed by atoms with Crippen LogP contribution in [0.15, 0.2) is 70.2 Å². The highest BCUT2D eigenvalue weighted by atomic mass is 32.2. The maximum Gasteiger partial charge on any atom is 0.262 e. The van der Waals surface area contributed by atoms with Crippen molar-refractivity contribution in [3.05, 3.63) is 78.3 Å². The monoisotopic (exact) mass is 422 g/mol. The molecule has 2 N–H and O–H groups in total. The summed E-state index contributed by atoms with van der Waals surface area (Å²) in [5.74, 6) is -2.18. The highest BCUT2D eigenvalue weighted by Crippen LogP contribution is 2.18. The number of hydrogen-bond acceptors (Lipinski definition) is 5. The Morgan fingerprint density at radius 1 is 1.07 bits per heavy atom. The van der Waals surface area contributed by atoms with Crippen molar-refractivity contribution in [2.24, 2.45) is 0 Å². The molecule has 0 aliphatic rings. The smallest absolute Gasteiger partial charge is 0.262 e. The van der Waals surface area contributed by atoms with Crippen LogP contribution >= 0.6 is 0 Å². The van der Waals surface area contributed by atoms with Gasteiger partial charge in [-0.3, -0.25) is 4.79 Å². The molecule has 0 atom stereocenters. The fraction of sp³-hybridized carbons (Fsp3) is 0.105. The molecule has 0 fully saturated rings. The van der Waals surface area contributed by atoms with Crippen LogP contribution in [0.25, 0.3) is 0 Å². The van der Waals surface area contributed by atoms with Crippen molar-refractivity contribution in [1.82, 2.24) is 4.72 Å². The third-order valence-electron chi connectivity index (χ3n) is 3.70. The Hall–Kier alpha value is -3.24. The zero-order valence-corrected chi connectivity index (χ0v) is 15.7. The molecule has 1 amide bonds. The largest absolute Gasteiger partial charge is 0.481 e. The molecule has 7 nitrogen and oxygen atoms in total. The summed E-state index contributed by atoms with van der Waals surface area (Å²) in [4.78, 5) is 11.9. The predicted octanol–water partition coefficient (Wildman–Crippen LogP) is 3.05. The second kappa shape index (κ2) is 8.84. The molecule has 0 unspecified atom stereocenters. The lowest BCUT2D eigenvalue weighted by Gasteiger charge is -2.10. The topological polar surface area (TPSA) is 97.6 Å².